The van der Waals surface area contributed by atoms with Crippen molar-refractivity contribution in [2.75, 3.05) is 6.61 Å². The molecule has 0 aromatic heterocycles. The van der Waals surface area contributed by atoms with Gasteiger partial charge in [-0.15, -0.1) is 0 Å². The SMILES string of the molecule is CC(=O)OC(C(C)O)C1CC(C)C2C(O1)C(=O)C1(N)C3CCC4C(C)(C)C(OC(C=O)OCC=O)CCC45CC35CCC21C. The average Bonchev–Trinajstić information content (AvgIpc) is 3.59. The van der Waals surface area contributed by atoms with Crippen LogP contribution in [0.25, 0.3) is 0 Å². The van der Waals surface area contributed by atoms with Crippen LogP contribution in [0.15, 0.2) is 0 Å². The maximum atomic E-state index is 14.7. The Labute approximate surface area is 260 Å². The average molecular weight is 618 g/mol. The third-order valence-corrected chi connectivity index (χ3v) is 13.9. The predicted octanol–water partition coefficient (Wildman–Crippen LogP) is 3.14. The summed E-state index contributed by atoms with van der Waals surface area (Å²) in [7, 11) is 0. The normalized spacial score (nSPS) is 48.7. The van der Waals surface area contributed by atoms with Gasteiger partial charge in [0.05, 0.1) is 23.9 Å². The number of hydrogen-bond acceptors (Lipinski definition) is 10. The van der Waals surface area contributed by atoms with Crippen LogP contribution in [0.1, 0.15) is 92.9 Å². The fourth-order valence-electron chi connectivity index (χ4n) is 12.2. The quantitative estimate of drug-likeness (QED) is 0.224. The van der Waals surface area contributed by atoms with Gasteiger partial charge in [0, 0.05) is 12.8 Å². The second-order valence-electron chi connectivity index (χ2n) is 16.0. The molecule has 246 valence electrons. The van der Waals surface area contributed by atoms with Crippen LogP contribution in [0.5, 0.6) is 0 Å². The lowest BCUT2D eigenvalue weighted by Gasteiger charge is -2.62. The van der Waals surface area contributed by atoms with Gasteiger partial charge in [0.1, 0.15) is 19.0 Å². The third kappa shape index (κ3) is 4.16. The van der Waals surface area contributed by atoms with E-state index in [1.54, 1.807) is 6.92 Å². The fraction of sp³-hybridized carbons (Fsp3) is 0.882. The first-order valence-corrected chi connectivity index (χ1v) is 16.6. The van der Waals surface area contributed by atoms with E-state index in [-0.39, 0.29) is 52.5 Å². The lowest BCUT2D eigenvalue weighted by molar-refractivity contribution is -0.217. The van der Waals surface area contributed by atoms with E-state index in [0.29, 0.717) is 24.9 Å². The minimum absolute atomic E-state index is 0.0177. The van der Waals surface area contributed by atoms with Crippen LogP contribution in [0, 0.1) is 45.3 Å². The number of aldehydes is 2. The van der Waals surface area contributed by atoms with E-state index in [4.69, 9.17) is 24.7 Å². The zero-order valence-electron chi connectivity index (χ0n) is 27.1. The van der Waals surface area contributed by atoms with Crippen molar-refractivity contribution < 1.29 is 43.2 Å². The number of rotatable bonds is 9. The van der Waals surface area contributed by atoms with Crippen molar-refractivity contribution in [3.05, 3.63) is 0 Å². The van der Waals surface area contributed by atoms with Crippen LogP contribution in [-0.4, -0.2) is 78.4 Å². The molecule has 14 unspecified atom stereocenters. The summed E-state index contributed by atoms with van der Waals surface area (Å²) >= 11 is 0. The first-order chi connectivity index (χ1) is 20.6. The van der Waals surface area contributed by atoms with Crippen LogP contribution >= 0.6 is 0 Å². The van der Waals surface area contributed by atoms with E-state index in [1.165, 1.54) is 6.92 Å². The number of carbonyl (C=O) groups excluding carboxylic acids is 4. The Hall–Kier alpha value is -1.72. The molecule has 10 nitrogen and oxygen atoms in total. The van der Waals surface area contributed by atoms with Gasteiger partial charge in [-0.1, -0.05) is 27.7 Å². The Bertz CT molecular complexity index is 1210. The maximum Gasteiger partial charge on any atom is 0.303 e. The summed E-state index contributed by atoms with van der Waals surface area (Å²) in [6.07, 6.45) is 3.96. The lowest BCUT2D eigenvalue weighted by atomic mass is 9.43. The third-order valence-electron chi connectivity index (χ3n) is 13.9. The van der Waals surface area contributed by atoms with Crippen LogP contribution in [0.2, 0.25) is 0 Å². The molecule has 0 aromatic carbocycles. The second-order valence-corrected chi connectivity index (χ2v) is 16.0. The Morgan fingerprint density at radius 3 is 2.43 bits per heavy atom. The van der Waals surface area contributed by atoms with E-state index >= 15 is 0 Å². The molecule has 1 aliphatic heterocycles. The molecule has 0 radical (unpaired) electrons. The number of ether oxygens (including phenoxy) is 4. The fourth-order valence-corrected chi connectivity index (χ4v) is 12.2. The van der Waals surface area contributed by atoms with Crippen LogP contribution in [-0.2, 0) is 38.1 Å². The molecule has 6 aliphatic rings. The van der Waals surface area contributed by atoms with Crippen molar-refractivity contribution in [1.82, 2.24) is 0 Å². The highest BCUT2D eigenvalue weighted by atomic mass is 16.7. The highest BCUT2D eigenvalue weighted by Crippen LogP contribution is 2.87. The predicted molar refractivity (Wildman–Crippen MR) is 158 cm³/mol. The summed E-state index contributed by atoms with van der Waals surface area (Å²) in [6, 6.07) is 0. The van der Waals surface area contributed by atoms with Gasteiger partial charge in [0.2, 0.25) is 6.29 Å². The molecule has 14 atom stereocenters. The second kappa shape index (κ2) is 10.7. The molecule has 10 heteroatoms. The van der Waals surface area contributed by atoms with E-state index in [2.05, 4.69) is 27.7 Å². The summed E-state index contributed by atoms with van der Waals surface area (Å²) in [5.74, 6) is -0.0439. The van der Waals surface area contributed by atoms with Gasteiger partial charge in [0.25, 0.3) is 0 Å². The Morgan fingerprint density at radius 2 is 1.80 bits per heavy atom. The smallest absolute Gasteiger partial charge is 0.303 e. The summed E-state index contributed by atoms with van der Waals surface area (Å²) in [5.41, 5.74) is 5.94. The largest absolute Gasteiger partial charge is 0.457 e. The standard InChI is InChI=1S/C34H51NO9/c1-18-15-21(27(19(2)38)42-20(3)39)43-28-26(18)31(6)11-12-33-17-32(33)10-9-24(44-25(16-37)41-14-13-36)30(4,5)22(32)7-8-23(33)34(31,35)29(28)40/h13,16,18-19,21-28,38H,7-12,14-15,17,35H2,1-6H3. The number of esters is 1. The molecule has 6 rings (SSSR count). The molecule has 6 fully saturated rings. The number of Topliss-reactive ketones (excluding diaryl/α,β-unsaturated/α-hetero) is 1. The number of carbonyl (C=O) groups is 4. The van der Waals surface area contributed by atoms with Gasteiger partial charge >= 0.3 is 5.97 Å². The first kappa shape index (κ1) is 32.2. The Kier molecular flexibility index (Phi) is 7.81. The molecule has 3 N–H and O–H groups in total. The molecular formula is C34H51NO9. The van der Waals surface area contributed by atoms with Crippen molar-refractivity contribution in [1.29, 1.82) is 0 Å². The molecule has 5 saturated carbocycles. The molecule has 0 bridgehead atoms. The summed E-state index contributed by atoms with van der Waals surface area (Å²) in [5, 5.41) is 10.5. The van der Waals surface area contributed by atoms with E-state index < -0.39 is 47.6 Å². The van der Waals surface area contributed by atoms with Crippen LogP contribution < -0.4 is 5.73 Å². The van der Waals surface area contributed by atoms with Crippen molar-refractivity contribution in [3.8, 4) is 0 Å². The first-order valence-electron chi connectivity index (χ1n) is 16.6. The minimum Gasteiger partial charge on any atom is -0.457 e. The lowest BCUT2D eigenvalue weighted by Crippen LogP contribution is -2.69. The number of fused-ring (bicyclic) bond motifs is 4. The van der Waals surface area contributed by atoms with Gasteiger partial charge < -0.3 is 34.6 Å². The molecule has 0 amide bonds. The zero-order chi connectivity index (χ0) is 32.0. The summed E-state index contributed by atoms with van der Waals surface area (Å²) < 4.78 is 23.5. The number of nitrogens with two attached hydrogens (primary N) is 1. The monoisotopic (exact) mass is 617 g/mol. The van der Waals surface area contributed by atoms with Crippen LogP contribution in [0.4, 0.5) is 0 Å². The Balaban J connectivity index is 1.27. The molecular weight excluding hydrogens is 566 g/mol. The van der Waals surface area contributed by atoms with Gasteiger partial charge in [-0.05, 0) is 97.7 Å². The number of aliphatic hydroxyl groups is 1. The van der Waals surface area contributed by atoms with E-state index in [9.17, 15) is 24.3 Å². The number of aliphatic hydroxyl groups excluding tert-OH is 1. The number of hydrogen-bond donors (Lipinski definition) is 2. The Morgan fingerprint density at radius 1 is 1.11 bits per heavy atom. The molecule has 5 aliphatic carbocycles. The molecule has 2 spiro atoms. The van der Waals surface area contributed by atoms with Gasteiger partial charge in [-0.3, -0.25) is 14.4 Å². The summed E-state index contributed by atoms with van der Waals surface area (Å²) in [4.78, 5) is 49.0. The molecule has 1 heterocycles. The molecule has 0 aromatic rings. The van der Waals surface area contributed by atoms with Crippen molar-refractivity contribution in [2.24, 2.45) is 51.1 Å². The van der Waals surface area contributed by atoms with Gasteiger partial charge in [-0.2, -0.15) is 0 Å². The van der Waals surface area contributed by atoms with Gasteiger partial charge in [0.15, 0.2) is 18.2 Å². The van der Waals surface area contributed by atoms with Crippen molar-refractivity contribution in [2.45, 2.75) is 135 Å². The van der Waals surface area contributed by atoms with E-state index in [1.807, 2.05) is 0 Å². The highest BCUT2D eigenvalue weighted by molar-refractivity contribution is 5.97. The molecule has 1 saturated heterocycles. The molecule has 44 heavy (non-hydrogen) atoms. The maximum absolute atomic E-state index is 14.7. The zero-order valence-corrected chi connectivity index (χ0v) is 27.1. The van der Waals surface area contributed by atoms with Crippen molar-refractivity contribution in [3.63, 3.8) is 0 Å². The minimum atomic E-state index is -1.06. The van der Waals surface area contributed by atoms with E-state index in [0.717, 1.165) is 44.9 Å². The topological polar surface area (TPSA) is 151 Å². The number of ketones is 1. The van der Waals surface area contributed by atoms with Crippen LogP contribution in [0.3, 0.4) is 0 Å². The van der Waals surface area contributed by atoms with Gasteiger partial charge in [-0.25, -0.2) is 0 Å². The highest BCUT2D eigenvalue weighted by Gasteiger charge is 2.85. The summed E-state index contributed by atoms with van der Waals surface area (Å²) in [6.45, 7) is 11.6. The van der Waals surface area contributed by atoms with Crippen molar-refractivity contribution >= 4 is 24.3 Å².